The Bertz CT molecular complexity index is 622. The molecule has 2 rings (SSSR count). The summed E-state index contributed by atoms with van der Waals surface area (Å²) in [4.78, 5) is 19.0. The molecular weight excluding hydrogens is 254 g/mol. The van der Waals surface area contributed by atoms with Crippen LogP contribution in [0.15, 0.2) is 30.3 Å². The number of hydrogen-bond acceptors (Lipinski definition) is 4. The predicted molar refractivity (Wildman–Crippen MR) is 77.5 cm³/mol. The third-order valence-electron chi connectivity index (χ3n) is 2.91. The zero-order chi connectivity index (χ0) is 14.7. The molecule has 1 aromatic carbocycles. The molecule has 5 nitrogen and oxygen atoms in total. The van der Waals surface area contributed by atoms with Crippen molar-refractivity contribution in [3.05, 3.63) is 47.4 Å². The van der Waals surface area contributed by atoms with Crippen molar-refractivity contribution >= 4 is 17.5 Å². The van der Waals surface area contributed by atoms with Crippen LogP contribution >= 0.6 is 0 Å². The maximum atomic E-state index is 11.0. The van der Waals surface area contributed by atoms with E-state index in [2.05, 4.69) is 29.1 Å². The van der Waals surface area contributed by atoms with Gasteiger partial charge in [0.05, 0.1) is 0 Å². The van der Waals surface area contributed by atoms with Crippen molar-refractivity contribution < 1.29 is 9.90 Å². The molecule has 0 spiro atoms. The van der Waals surface area contributed by atoms with E-state index in [0.717, 1.165) is 5.69 Å². The number of hydrogen-bond donors (Lipinski definition) is 2. The highest BCUT2D eigenvalue weighted by molar-refractivity contribution is 5.86. The highest BCUT2D eigenvalue weighted by Gasteiger charge is 2.08. The van der Waals surface area contributed by atoms with Crippen molar-refractivity contribution in [2.45, 2.75) is 26.7 Å². The molecule has 1 aromatic heterocycles. The van der Waals surface area contributed by atoms with E-state index in [1.54, 1.807) is 6.92 Å². The fourth-order valence-corrected chi connectivity index (χ4v) is 1.84. The molecule has 2 N–H and O–H groups in total. The molecule has 1 heterocycles. The lowest BCUT2D eigenvalue weighted by Crippen LogP contribution is -2.05. The van der Waals surface area contributed by atoms with Crippen molar-refractivity contribution in [1.82, 2.24) is 9.97 Å². The van der Waals surface area contributed by atoms with Crippen LogP contribution in [-0.4, -0.2) is 21.0 Å². The van der Waals surface area contributed by atoms with Gasteiger partial charge in [-0.05, 0) is 30.5 Å². The Balaban J connectivity index is 2.23. The number of benzene rings is 1. The van der Waals surface area contributed by atoms with Crippen LogP contribution in [0.2, 0.25) is 0 Å². The number of aromatic carboxylic acids is 1. The lowest BCUT2D eigenvalue weighted by molar-refractivity contribution is 0.0690. The topological polar surface area (TPSA) is 75.1 Å². The summed E-state index contributed by atoms with van der Waals surface area (Å²) in [7, 11) is 0. The van der Waals surface area contributed by atoms with Crippen molar-refractivity contribution in [3.63, 3.8) is 0 Å². The van der Waals surface area contributed by atoms with E-state index in [1.807, 2.05) is 24.3 Å². The van der Waals surface area contributed by atoms with Crippen LogP contribution in [0.5, 0.6) is 0 Å². The summed E-state index contributed by atoms with van der Waals surface area (Å²) in [5.74, 6) is 0.316. The van der Waals surface area contributed by atoms with Gasteiger partial charge in [0.25, 0.3) is 0 Å². The van der Waals surface area contributed by atoms with Gasteiger partial charge >= 0.3 is 5.97 Å². The number of nitrogens with one attached hydrogen (secondary N) is 1. The molecule has 0 aliphatic rings. The Hall–Kier alpha value is -2.43. The van der Waals surface area contributed by atoms with Crippen LogP contribution in [-0.2, 0) is 0 Å². The second kappa shape index (κ2) is 5.69. The van der Waals surface area contributed by atoms with E-state index in [9.17, 15) is 4.79 Å². The molecule has 20 heavy (non-hydrogen) atoms. The number of aryl methyl sites for hydroxylation is 1. The van der Waals surface area contributed by atoms with Crippen molar-refractivity contribution in [2.24, 2.45) is 0 Å². The van der Waals surface area contributed by atoms with Crippen LogP contribution in [0.25, 0.3) is 0 Å². The predicted octanol–water partition coefficient (Wildman–Crippen LogP) is 3.35. The molecule has 5 heteroatoms. The van der Waals surface area contributed by atoms with Crippen LogP contribution < -0.4 is 5.32 Å². The van der Waals surface area contributed by atoms with E-state index >= 15 is 0 Å². The van der Waals surface area contributed by atoms with Crippen molar-refractivity contribution in [2.75, 3.05) is 5.32 Å². The summed E-state index contributed by atoms with van der Waals surface area (Å²) in [6.45, 7) is 5.93. The summed E-state index contributed by atoms with van der Waals surface area (Å²) >= 11 is 0. The Kier molecular flexibility index (Phi) is 3.98. The normalized spacial score (nSPS) is 10.6. The van der Waals surface area contributed by atoms with Gasteiger partial charge in [-0.1, -0.05) is 26.0 Å². The van der Waals surface area contributed by atoms with E-state index in [0.29, 0.717) is 17.6 Å². The number of carboxylic acids is 1. The molecule has 0 fully saturated rings. The van der Waals surface area contributed by atoms with Gasteiger partial charge in [-0.3, -0.25) is 0 Å². The van der Waals surface area contributed by atoms with Gasteiger partial charge in [0, 0.05) is 11.8 Å². The van der Waals surface area contributed by atoms with Crippen LogP contribution in [0.4, 0.5) is 11.5 Å². The number of carboxylic acid groups (broad SMARTS) is 1. The van der Waals surface area contributed by atoms with E-state index in [4.69, 9.17) is 5.11 Å². The molecule has 104 valence electrons. The molecule has 2 aromatic rings. The number of nitrogens with zero attached hydrogens (tertiary/aromatic N) is 2. The number of aromatic nitrogens is 2. The van der Waals surface area contributed by atoms with Gasteiger partial charge < -0.3 is 10.4 Å². The van der Waals surface area contributed by atoms with Gasteiger partial charge in [0.15, 0.2) is 5.69 Å². The summed E-state index contributed by atoms with van der Waals surface area (Å²) in [6, 6.07) is 9.41. The first kappa shape index (κ1) is 14.0. The standard InChI is InChI=1S/C15H17N3O2/c1-9(2)11-4-6-12(7-5-11)18-14-8-13(15(19)20)16-10(3)17-14/h4-9H,1-3H3,(H,19,20)(H,16,17,18). The molecule has 0 saturated heterocycles. The second-order valence-electron chi connectivity index (χ2n) is 4.89. The number of anilines is 2. The average molecular weight is 271 g/mol. The third-order valence-corrected chi connectivity index (χ3v) is 2.91. The SMILES string of the molecule is Cc1nc(Nc2ccc(C(C)C)cc2)cc(C(=O)O)n1. The first-order valence-electron chi connectivity index (χ1n) is 6.41. The monoisotopic (exact) mass is 271 g/mol. The van der Waals surface area contributed by atoms with Crippen LogP contribution in [0, 0.1) is 6.92 Å². The van der Waals surface area contributed by atoms with E-state index < -0.39 is 5.97 Å². The summed E-state index contributed by atoms with van der Waals surface area (Å²) in [5.41, 5.74) is 2.10. The minimum absolute atomic E-state index is 0.0150. The average Bonchev–Trinajstić information content (AvgIpc) is 2.38. The van der Waals surface area contributed by atoms with Gasteiger partial charge in [0.2, 0.25) is 0 Å². The lowest BCUT2D eigenvalue weighted by atomic mass is 10.0. The number of rotatable bonds is 4. The van der Waals surface area contributed by atoms with E-state index in [1.165, 1.54) is 11.6 Å². The Morgan fingerprint density at radius 3 is 2.40 bits per heavy atom. The van der Waals surface area contributed by atoms with Gasteiger partial charge in [-0.2, -0.15) is 0 Å². The molecule has 0 bridgehead atoms. The second-order valence-corrected chi connectivity index (χ2v) is 4.89. The number of carbonyl (C=O) groups is 1. The highest BCUT2D eigenvalue weighted by Crippen LogP contribution is 2.20. The Morgan fingerprint density at radius 1 is 1.20 bits per heavy atom. The maximum Gasteiger partial charge on any atom is 0.354 e. The molecule has 0 aliphatic heterocycles. The van der Waals surface area contributed by atoms with Gasteiger partial charge in [0.1, 0.15) is 11.6 Å². The zero-order valence-electron chi connectivity index (χ0n) is 11.7. The minimum Gasteiger partial charge on any atom is -0.477 e. The smallest absolute Gasteiger partial charge is 0.354 e. The van der Waals surface area contributed by atoms with E-state index in [-0.39, 0.29) is 5.69 Å². The van der Waals surface area contributed by atoms with Gasteiger partial charge in [-0.25, -0.2) is 14.8 Å². The summed E-state index contributed by atoms with van der Waals surface area (Å²) in [6.07, 6.45) is 0. The zero-order valence-corrected chi connectivity index (χ0v) is 11.7. The summed E-state index contributed by atoms with van der Waals surface area (Å²) in [5, 5.41) is 12.1. The van der Waals surface area contributed by atoms with Crippen molar-refractivity contribution in [1.29, 1.82) is 0 Å². The minimum atomic E-state index is -1.06. The molecule has 0 atom stereocenters. The molecule has 0 unspecified atom stereocenters. The van der Waals surface area contributed by atoms with Crippen LogP contribution in [0.3, 0.4) is 0 Å². The third kappa shape index (κ3) is 3.32. The molecule has 0 saturated carbocycles. The van der Waals surface area contributed by atoms with Gasteiger partial charge in [-0.15, -0.1) is 0 Å². The first-order chi connectivity index (χ1) is 9.45. The maximum absolute atomic E-state index is 11.0. The lowest BCUT2D eigenvalue weighted by Gasteiger charge is -2.09. The highest BCUT2D eigenvalue weighted by atomic mass is 16.4. The summed E-state index contributed by atoms with van der Waals surface area (Å²) < 4.78 is 0. The first-order valence-corrected chi connectivity index (χ1v) is 6.41. The molecular formula is C15H17N3O2. The van der Waals surface area contributed by atoms with Crippen LogP contribution in [0.1, 0.15) is 41.6 Å². The molecule has 0 aliphatic carbocycles. The fourth-order valence-electron chi connectivity index (χ4n) is 1.84. The Morgan fingerprint density at radius 2 is 1.85 bits per heavy atom. The molecule has 0 amide bonds. The van der Waals surface area contributed by atoms with Crippen molar-refractivity contribution in [3.8, 4) is 0 Å². The molecule has 0 radical (unpaired) electrons. The quantitative estimate of drug-likeness (QED) is 0.891. The Labute approximate surface area is 117 Å². The largest absolute Gasteiger partial charge is 0.477 e. The fraction of sp³-hybridized carbons (Fsp3) is 0.267.